The van der Waals surface area contributed by atoms with Gasteiger partial charge < -0.3 is 10.2 Å². The van der Waals surface area contributed by atoms with Gasteiger partial charge in [-0.1, -0.05) is 60.7 Å². The molecule has 2 aromatic carbocycles. The maximum absolute atomic E-state index is 13.1. The Balaban J connectivity index is 1.81. The number of nitrogens with one attached hydrogen (secondary N) is 1. The van der Waals surface area contributed by atoms with E-state index in [2.05, 4.69) is 5.32 Å². The molecule has 4 amide bonds. The number of imide groups is 1. The standard InChI is InChI=1S/C23H27N3O3/c1-22(2,3)26(15-17-11-7-5-8-12-17)19(27)16-25-20(28)23(4,24-21(25)29)18-13-9-6-10-14-18/h5-14H,15-16H2,1-4H3,(H,24,29). The Morgan fingerprint density at radius 3 is 2.10 bits per heavy atom. The molecule has 0 radical (unpaired) electrons. The van der Waals surface area contributed by atoms with Gasteiger partial charge in [0.1, 0.15) is 12.1 Å². The van der Waals surface area contributed by atoms with Crippen molar-refractivity contribution < 1.29 is 14.4 Å². The number of urea groups is 1. The lowest BCUT2D eigenvalue weighted by Crippen LogP contribution is -2.50. The average molecular weight is 393 g/mol. The van der Waals surface area contributed by atoms with E-state index in [1.54, 1.807) is 24.0 Å². The van der Waals surface area contributed by atoms with Crippen LogP contribution < -0.4 is 5.32 Å². The minimum absolute atomic E-state index is 0.276. The summed E-state index contributed by atoms with van der Waals surface area (Å²) in [5.74, 6) is -0.696. The highest BCUT2D eigenvalue weighted by Crippen LogP contribution is 2.29. The molecule has 1 heterocycles. The van der Waals surface area contributed by atoms with E-state index < -0.39 is 23.0 Å². The number of nitrogens with zero attached hydrogens (tertiary/aromatic N) is 2. The number of hydrogen-bond acceptors (Lipinski definition) is 3. The molecular weight excluding hydrogens is 366 g/mol. The summed E-state index contributed by atoms with van der Waals surface area (Å²) in [5.41, 5.74) is 0.0341. The predicted octanol–water partition coefficient (Wildman–Crippen LogP) is 3.28. The van der Waals surface area contributed by atoms with E-state index in [9.17, 15) is 14.4 Å². The maximum atomic E-state index is 13.1. The summed E-state index contributed by atoms with van der Waals surface area (Å²) in [6.07, 6.45) is 0. The van der Waals surface area contributed by atoms with Gasteiger partial charge in [-0.2, -0.15) is 0 Å². The molecule has 0 saturated carbocycles. The summed E-state index contributed by atoms with van der Waals surface area (Å²) in [4.78, 5) is 41.5. The highest BCUT2D eigenvalue weighted by molar-refractivity contribution is 6.09. The summed E-state index contributed by atoms with van der Waals surface area (Å²) in [6.45, 7) is 7.59. The van der Waals surface area contributed by atoms with Crippen molar-refractivity contribution in [2.75, 3.05) is 6.54 Å². The second-order valence-electron chi connectivity index (χ2n) is 8.45. The largest absolute Gasteiger partial charge is 0.332 e. The number of hydrogen-bond donors (Lipinski definition) is 1. The van der Waals surface area contributed by atoms with Gasteiger partial charge in [0, 0.05) is 12.1 Å². The fourth-order valence-electron chi connectivity index (χ4n) is 3.49. The van der Waals surface area contributed by atoms with Gasteiger partial charge in [-0.15, -0.1) is 0 Å². The lowest BCUT2D eigenvalue weighted by Gasteiger charge is -2.36. The van der Waals surface area contributed by atoms with Gasteiger partial charge in [0.05, 0.1) is 0 Å². The van der Waals surface area contributed by atoms with Crippen LogP contribution in [0.5, 0.6) is 0 Å². The summed E-state index contributed by atoms with van der Waals surface area (Å²) < 4.78 is 0. The Kier molecular flexibility index (Phi) is 5.46. The lowest BCUT2D eigenvalue weighted by molar-refractivity contribution is -0.142. The van der Waals surface area contributed by atoms with E-state index in [-0.39, 0.29) is 12.5 Å². The summed E-state index contributed by atoms with van der Waals surface area (Å²) in [6, 6.07) is 18.2. The van der Waals surface area contributed by atoms with Crippen molar-refractivity contribution in [3.63, 3.8) is 0 Å². The Morgan fingerprint density at radius 1 is 1.00 bits per heavy atom. The molecule has 1 N–H and O–H groups in total. The van der Waals surface area contributed by atoms with Crippen molar-refractivity contribution in [1.29, 1.82) is 0 Å². The number of carbonyl (C=O) groups is 3. The lowest BCUT2D eigenvalue weighted by atomic mass is 9.92. The van der Waals surface area contributed by atoms with Crippen molar-refractivity contribution >= 4 is 17.8 Å². The van der Waals surface area contributed by atoms with Crippen LogP contribution in [-0.4, -0.2) is 39.7 Å². The molecule has 1 unspecified atom stereocenters. The van der Waals surface area contributed by atoms with Gasteiger partial charge in [0.2, 0.25) is 5.91 Å². The fourth-order valence-corrected chi connectivity index (χ4v) is 3.49. The number of rotatable bonds is 5. The first kappa shape index (κ1) is 20.6. The monoisotopic (exact) mass is 393 g/mol. The molecule has 1 atom stereocenters. The van der Waals surface area contributed by atoms with Crippen LogP contribution >= 0.6 is 0 Å². The summed E-state index contributed by atoms with van der Waals surface area (Å²) >= 11 is 0. The van der Waals surface area contributed by atoms with Gasteiger partial charge >= 0.3 is 6.03 Å². The van der Waals surface area contributed by atoms with Crippen molar-refractivity contribution in [3.8, 4) is 0 Å². The van der Waals surface area contributed by atoms with E-state index in [1.807, 2.05) is 69.3 Å². The Bertz CT molecular complexity index is 906. The summed E-state index contributed by atoms with van der Waals surface area (Å²) in [7, 11) is 0. The molecule has 3 rings (SSSR count). The van der Waals surface area contributed by atoms with Crippen LogP contribution in [0, 0.1) is 0 Å². The fraction of sp³-hybridized carbons (Fsp3) is 0.348. The third-order valence-corrected chi connectivity index (χ3v) is 5.21. The number of carbonyl (C=O) groups excluding carboxylic acids is 3. The molecule has 1 saturated heterocycles. The van der Waals surface area contributed by atoms with Gasteiger partial charge in [-0.25, -0.2) is 4.79 Å². The quantitative estimate of drug-likeness (QED) is 0.793. The van der Waals surface area contributed by atoms with Gasteiger partial charge in [-0.3, -0.25) is 14.5 Å². The topological polar surface area (TPSA) is 69.7 Å². The van der Waals surface area contributed by atoms with E-state index in [4.69, 9.17) is 0 Å². The molecule has 0 bridgehead atoms. The zero-order chi connectivity index (χ0) is 21.2. The molecule has 0 aromatic heterocycles. The highest BCUT2D eigenvalue weighted by Gasteiger charge is 2.49. The SMILES string of the molecule is CC1(c2ccccc2)NC(=O)N(CC(=O)N(Cc2ccccc2)C(C)(C)C)C1=O. The molecule has 152 valence electrons. The van der Waals surface area contributed by atoms with Crippen LogP contribution in [0.15, 0.2) is 60.7 Å². The van der Waals surface area contributed by atoms with Crippen molar-refractivity contribution in [1.82, 2.24) is 15.1 Å². The zero-order valence-corrected chi connectivity index (χ0v) is 17.3. The Hall–Kier alpha value is -3.15. The minimum atomic E-state index is -1.18. The van der Waals surface area contributed by atoms with E-state index in [0.717, 1.165) is 10.5 Å². The molecule has 1 aliphatic heterocycles. The first-order chi connectivity index (χ1) is 13.6. The molecule has 0 spiro atoms. The van der Waals surface area contributed by atoms with Crippen LogP contribution in [0.1, 0.15) is 38.8 Å². The van der Waals surface area contributed by atoms with E-state index in [0.29, 0.717) is 12.1 Å². The molecule has 6 heteroatoms. The van der Waals surface area contributed by atoms with Crippen molar-refractivity contribution in [3.05, 3.63) is 71.8 Å². The molecule has 1 fully saturated rings. The van der Waals surface area contributed by atoms with Crippen LogP contribution in [0.25, 0.3) is 0 Å². The normalized spacial score (nSPS) is 19.2. The van der Waals surface area contributed by atoms with Crippen LogP contribution in [0.3, 0.4) is 0 Å². The van der Waals surface area contributed by atoms with Gasteiger partial charge in [0.15, 0.2) is 0 Å². The first-order valence-corrected chi connectivity index (χ1v) is 9.67. The first-order valence-electron chi connectivity index (χ1n) is 9.67. The number of amides is 4. The van der Waals surface area contributed by atoms with E-state index >= 15 is 0 Å². The molecule has 6 nitrogen and oxygen atoms in total. The van der Waals surface area contributed by atoms with E-state index in [1.165, 1.54) is 0 Å². The minimum Gasteiger partial charge on any atom is -0.332 e. The molecule has 2 aromatic rings. The van der Waals surface area contributed by atoms with Crippen LogP contribution in [0.4, 0.5) is 4.79 Å². The molecular formula is C23H27N3O3. The molecule has 0 aliphatic carbocycles. The third kappa shape index (κ3) is 4.16. The van der Waals surface area contributed by atoms with Crippen molar-refractivity contribution in [2.24, 2.45) is 0 Å². The predicted molar refractivity (Wildman–Crippen MR) is 111 cm³/mol. The Morgan fingerprint density at radius 2 is 1.55 bits per heavy atom. The van der Waals surface area contributed by atoms with Crippen LogP contribution in [0.2, 0.25) is 0 Å². The average Bonchev–Trinajstić information content (AvgIpc) is 2.90. The van der Waals surface area contributed by atoms with Crippen molar-refractivity contribution in [2.45, 2.75) is 45.3 Å². The number of benzene rings is 2. The summed E-state index contributed by atoms with van der Waals surface area (Å²) in [5, 5.41) is 2.75. The second-order valence-corrected chi connectivity index (χ2v) is 8.45. The smallest absolute Gasteiger partial charge is 0.325 e. The third-order valence-electron chi connectivity index (χ3n) is 5.21. The molecule has 29 heavy (non-hydrogen) atoms. The molecule has 1 aliphatic rings. The highest BCUT2D eigenvalue weighted by atomic mass is 16.2. The second kappa shape index (κ2) is 7.70. The Labute approximate surface area is 171 Å². The van der Waals surface area contributed by atoms with Gasteiger partial charge in [-0.05, 0) is 38.8 Å². The maximum Gasteiger partial charge on any atom is 0.325 e. The zero-order valence-electron chi connectivity index (χ0n) is 17.3. The van der Waals surface area contributed by atoms with Gasteiger partial charge in [0.25, 0.3) is 5.91 Å². The van der Waals surface area contributed by atoms with Crippen LogP contribution in [-0.2, 0) is 21.7 Å².